The zero-order valence-corrected chi connectivity index (χ0v) is 15.5. The Labute approximate surface area is 154 Å². The number of nitrogens with zero attached hydrogens (tertiary/aromatic N) is 1. The van der Waals surface area contributed by atoms with E-state index in [0.717, 1.165) is 34.3 Å². The van der Waals surface area contributed by atoms with Crippen molar-refractivity contribution >= 4 is 16.8 Å². The Morgan fingerprint density at radius 3 is 2.69 bits per heavy atom. The molecule has 0 saturated heterocycles. The minimum atomic E-state index is -0.0850. The number of carbonyl (C=O) groups excluding carboxylic acids is 1. The number of fused-ring (bicyclic) bond motifs is 1. The zero-order valence-electron chi connectivity index (χ0n) is 15.5. The van der Waals surface area contributed by atoms with E-state index in [4.69, 9.17) is 9.72 Å². The number of aromatic nitrogens is 1. The molecule has 1 aromatic heterocycles. The smallest absolute Gasteiger partial charge is 0.252 e. The van der Waals surface area contributed by atoms with Gasteiger partial charge in [0.15, 0.2) is 0 Å². The second-order valence-corrected chi connectivity index (χ2v) is 6.58. The number of para-hydroxylation sites is 1. The lowest BCUT2D eigenvalue weighted by Crippen LogP contribution is -2.30. The number of ether oxygens (including phenoxy) is 1. The van der Waals surface area contributed by atoms with Crippen LogP contribution in [0.3, 0.4) is 0 Å². The molecule has 1 heterocycles. The van der Waals surface area contributed by atoms with Gasteiger partial charge in [0.25, 0.3) is 5.91 Å². The van der Waals surface area contributed by atoms with Crippen molar-refractivity contribution in [1.29, 1.82) is 0 Å². The largest absolute Gasteiger partial charge is 0.494 e. The molecule has 0 aliphatic heterocycles. The highest BCUT2D eigenvalue weighted by molar-refractivity contribution is 6.07. The molecule has 1 N–H and O–H groups in total. The van der Waals surface area contributed by atoms with Crippen molar-refractivity contribution in [1.82, 2.24) is 10.3 Å². The maximum atomic E-state index is 12.7. The van der Waals surface area contributed by atoms with Crippen LogP contribution in [-0.4, -0.2) is 23.5 Å². The predicted octanol–water partition coefficient (Wildman–Crippen LogP) is 4.83. The van der Waals surface area contributed by atoms with Crippen LogP contribution >= 0.6 is 0 Å². The summed E-state index contributed by atoms with van der Waals surface area (Å²) in [5.41, 5.74) is 3.14. The first-order valence-electron chi connectivity index (χ1n) is 9.02. The normalized spacial score (nSPS) is 10.9. The fraction of sp³-hybridized carbons (Fsp3) is 0.273. The molecule has 0 unspecified atom stereocenters. The first-order valence-corrected chi connectivity index (χ1v) is 9.02. The molecule has 134 valence electrons. The van der Waals surface area contributed by atoms with E-state index in [0.29, 0.717) is 12.2 Å². The number of nitrogens with one attached hydrogen (secondary N) is 1. The standard InChI is InChI=1S/C22H24N2O2/c1-4-12-26-17-9-7-8-16(13-17)21-14-19(22(25)23-15(2)3)18-10-5-6-11-20(18)24-21/h5-11,13-15H,4,12H2,1-3H3,(H,23,25). The Morgan fingerprint density at radius 1 is 1.12 bits per heavy atom. The van der Waals surface area contributed by atoms with Gasteiger partial charge in [-0.15, -0.1) is 0 Å². The van der Waals surface area contributed by atoms with Crippen LogP contribution in [0.2, 0.25) is 0 Å². The molecule has 3 rings (SSSR count). The molecule has 1 amide bonds. The molecule has 4 heteroatoms. The van der Waals surface area contributed by atoms with E-state index < -0.39 is 0 Å². The number of carbonyl (C=O) groups is 1. The van der Waals surface area contributed by atoms with Gasteiger partial charge in [-0.1, -0.05) is 37.3 Å². The summed E-state index contributed by atoms with van der Waals surface area (Å²) in [5.74, 6) is 0.728. The topological polar surface area (TPSA) is 51.2 Å². The molecule has 0 atom stereocenters. The third-order valence-corrected chi connectivity index (χ3v) is 3.98. The van der Waals surface area contributed by atoms with Gasteiger partial charge in [-0.05, 0) is 44.5 Å². The minimum absolute atomic E-state index is 0.0728. The number of hydrogen-bond acceptors (Lipinski definition) is 3. The van der Waals surface area contributed by atoms with Crippen LogP contribution in [0.15, 0.2) is 54.6 Å². The Hall–Kier alpha value is -2.88. The Morgan fingerprint density at radius 2 is 1.92 bits per heavy atom. The van der Waals surface area contributed by atoms with Crippen molar-refractivity contribution in [2.45, 2.75) is 33.2 Å². The summed E-state index contributed by atoms with van der Waals surface area (Å²) in [4.78, 5) is 17.5. The van der Waals surface area contributed by atoms with E-state index in [2.05, 4.69) is 12.2 Å². The number of rotatable bonds is 6. The summed E-state index contributed by atoms with van der Waals surface area (Å²) >= 11 is 0. The van der Waals surface area contributed by atoms with Gasteiger partial charge in [-0.3, -0.25) is 4.79 Å². The van der Waals surface area contributed by atoms with E-state index in [1.165, 1.54) is 0 Å². The van der Waals surface area contributed by atoms with E-state index >= 15 is 0 Å². The summed E-state index contributed by atoms with van der Waals surface area (Å²) < 4.78 is 5.73. The maximum absolute atomic E-state index is 12.7. The van der Waals surface area contributed by atoms with Gasteiger partial charge < -0.3 is 10.1 Å². The monoisotopic (exact) mass is 348 g/mol. The zero-order chi connectivity index (χ0) is 18.5. The predicted molar refractivity (Wildman–Crippen MR) is 106 cm³/mol. The molecule has 26 heavy (non-hydrogen) atoms. The molecule has 0 spiro atoms. The van der Waals surface area contributed by atoms with Crippen LogP contribution in [0.4, 0.5) is 0 Å². The summed E-state index contributed by atoms with van der Waals surface area (Å²) in [5, 5.41) is 3.83. The lowest BCUT2D eigenvalue weighted by Gasteiger charge is -2.13. The van der Waals surface area contributed by atoms with Gasteiger partial charge in [0.1, 0.15) is 5.75 Å². The number of hydrogen-bond donors (Lipinski definition) is 1. The number of amides is 1. The molecule has 0 aliphatic rings. The molecular weight excluding hydrogens is 324 g/mol. The number of benzene rings is 2. The second-order valence-electron chi connectivity index (χ2n) is 6.58. The van der Waals surface area contributed by atoms with Crippen LogP contribution in [0.5, 0.6) is 5.75 Å². The van der Waals surface area contributed by atoms with E-state index in [9.17, 15) is 4.79 Å². The SMILES string of the molecule is CCCOc1cccc(-c2cc(C(=O)NC(C)C)c3ccccc3n2)c1. The van der Waals surface area contributed by atoms with Gasteiger partial charge >= 0.3 is 0 Å². The van der Waals surface area contributed by atoms with E-state index in [1.54, 1.807) is 0 Å². The average Bonchev–Trinajstić information content (AvgIpc) is 2.65. The maximum Gasteiger partial charge on any atom is 0.252 e. The summed E-state index contributed by atoms with van der Waals surface area (Å²) in [6.45, 7) is 6.67. The van der Waals surface area contributed by atoms with Crippen LogP contribution in [0.25, 0.3) is 22.2 Å². The summed E-state index contributed by atoms with van der Waals surface area (Å²) in [7, 11) is 0. The molecule has 0 fully saturated rings. The Kier molecular flexibility index (Phi) is 5.52. The molecule has 0 radical (unpaired) electrons. The second kappa shape index (κ2) is 8.00. The highest BCUT2D eigenvalue weighted by Crippen LogP contribution is 2.27. The van der Waals surface area contributed by atoms with Gasteiger partial charge in [0, 0.05) is 17.0 Å². The minimum Gasteiger partial charge on any atom is -0.494 e. The first-order chi connectivity index (χ1) is 12.6. The van der Waals surface area contributed by atoms with E-state index in [-0.39, 0.29) is 11.9 Å². The lowest BCUT2D eigenvalue weighted by molar-refractivity contribution is 0.0945. The lowest BCUT2D eigenvalue weighted by atomic mass is 10.0. The first kappa shape index (κ1) is 17.9. The van der Waals surface area contributed by atoms with Crippen molar-refractivity contribution in [3.05, 3.63) is 60.2 Å². The summed E-state index contributed by atoms with van der Waals surface area (Å²) in [6.07, 6.45) is 0.956. The molecule has 2 aromatic carbocycles. The van der Waals surface area contributed by atoms with Crippen molar-refractivity contribution in [3.8, 4) is 17.0 Å². The van der Waals surface area contributed by atoms with Crippen molar-refractivity contribution in [2.75, 3.05) is 6.61 Å². The van der Waals surface area contributed by atoms with Crippen molar-refractivity contribution < 1.29 is 9.53 Å². The Balaban J connectivity index is 2.08. The average molecular weight is 348 g/mol. The van der Waals surface area contributed by atoms with E-state index in [1.807, 2.05) is 68.4 Å². The third kappa shape index (κ3) is 4.02. The quantitative estimate of drug-likeness (QED) is 0.694. The molecule has 0 aliphatic carbocycles. The van der Waals surface area contributed by atoms with Gasteiger partial charge in [-0.2, -0.15) is 0 Å². The fourth-order valence-corrected chi connectivity index (χ4v) is 2.82. The van der Waals surface area contributed by atoms with Gasteiger partial charge in [-0.25, -0.2) is 4.98 Å². The van der Waals surface area contributed by atoms with Crippen molar-refractivity contribution in [2.24, 2.45) is 0 Å². The van der Waals surface area contributed by atoms with Crippen LogP contribution in [0, 0.1) is 0 Å². The fourth-order valence-electron chi connectivity index (χ4n) is 2.82. The van der Waals surface area contributed by atoms with Gasteiger partial charge in [0.2, 0.25) is 0 Å². The highest BCUT2D eigenvalue weighted by Gasteiger charge is 2.14. The molecule has 0 bridgehead atoms. The molecular formula is C22H24N2O2. The molecule has 0 saturated carbocycles. The summed E-state index contributed by atoms with van der Waals surface area (Å²) in [6, 6.07) is 17.5. The highest BCUT2D eigenvalue weighted by atomic mass is 16.5. The van der Waals surface area contributed by atoms with Crippen LogP contribution < -0.4 is 10.1 Å². The molecule has 3 aromatic rings. The Bertz CT molecular complexity index is 919. The molecule has 4 nitrogen and oxygen atoms in total. The van der Waals surface area contributed by atoms with Crippen molar-refractivity contribution in [3.63, 3.8) is 0 Å². The number of pyridine rings is 1. The van der Waals surface area contributed by atoms with Crippen LogP contribution in [-0.2, 0) is 0 Å². The third-order valence-electron chi connectivity index (χ3n) is 3.98. The van der Waals surface area contributed by atoms with Gasteiger partial charge in [0.05, 0.1) is 23.4 Å². The van der Waals surface area contributed by atoms with Crippen LogP contribution in [0.1, 0.15) is 37.6 Å².